The topological polar surface area (TPSA) is 45.9 Å². The maximum Gasteiger partial charge on any atom is 0.129 e. The average Bonchev–Trinajstić information content (AvgIpc) is 2.47. The predicted octanol–water partition coefficient (Wildman–Crippen LogP) is 4.26. The maximum absolute atomic E-state index is 9.09. The molecule has 3 nitrogen and oxygen atoms in total. The third-order valence-electron chi connectivity index (χ3n) is 3.09. The number of ether oxygens (including phenoxy) is 1. The number of hydrogen-bond acceptors (Lipinski definition) is 4. The molecule has 1 aliphatic rings. The lowest BCUT2D eigenvalue weighted by molar-refractivity contribution is 0.158. The molecule has 0 amide bonds. The van der Waals surface area contributed by atoms with Gasteiger partial charge in [-0.1, -0.05) is 11.8 Å². The molecule has 2 aromatic rings. The summed E-state index contributed by atoms with van der Waals surface area (Å²) < 4.78 is 5.97. The van der Waals surface area contributed by atoms with Gasteiger partial charge in [-0.2, -0.15) is 5.26 Å². The number of benzene rings is 1. The summed E-state index contributed by atoms with van der Waals surface area (Å²) in [5, 5.41) is 9.09. The van der Waals surface area contributed by atoms with Gasteiger partial charge in [0.2, 0.25) is 0 Å². The van der Waals surface area contributed by atoms with Crippen LogP contribution in [-0.4, -0.2) is 10.6 Å². The number of hydrogen-bond donors (Lipinski definition) is 0. The van der Waals surface area contributed by atoms with Gasteiger partial charge in [-0.3, -0.25) is 4.98 Å². The van der Waals surface area contributed by atoms with Gasteiger partial charge in [-0.25, -0.2) is 0 Å². The molecule has 2 heterocycles. The highest BCUT2D eigenvalue weighted by atomic mass is 32.2. The molecule has 0 aliphatic carbocycles. The fraction of sp³-hybridized carbons (Fsp3) is 0.176. The minimum atomic E-state index is -0.369. The Hall–Kier alpha value is -2.25. The first kappa shape index (κ1) is 13.7. The zero-order valence-corrected chi connectivity index (χ0v) is 12.6. The van der Waals surface area contributed by atoms with E-state index in [0.29, 0.717) is 5.56 Å². The van der Waals surface area contributed by atoms with Gasteiger partial charge in [-0.05, 0) is 50.3 Å². The van der Waals surface area contributed by atoms with Gasteiger partial charge in [0.1, 0.15) is 11.4 Å². The fourth-order valence-electron chi connectivity index (χ4n) is 2.21. The lowest BCUT2D eigenvalue weighted by Gasteiger charge is -2.30. The van der Waals surface area contributed by atoms with E-state index in [4.69, 9.17) is 10.00 Å². The van der Waals surface area contributed by atoms with Crippen molar-refractivity contribution >= 4 is 16.7 Å². The molecule has 0 unspecified atom stereocenters. The molecular weight excluding hydrogens is 280 g/mol. The van der Waals surface area contributed by atoms with E-state index in [9.17, 15) is 0 Å². The van der Waals surface area contributed by atoms with Gasteiger partial charge in [0, 0.05) is 27.8 Å². The molecule has 104 valence electrons. The van der Waals surface area contributed by atoms with Crippen LogP contribution < -0.4 is 4.74 Å². The van der Waals surface area contributed by atoms with E-state index < -0.39 is 0 Å². The number of nitriles is 1. The molecule has 0 radical (unpaired) electrons. The Morgan fingerprint density at radius 3 is 2.86 bits per heavy atom. The summed E-state index contributed by atoms with van der Waals surface area (Å²) in [6, 6.07) is 11.6. The van der Waals surface area contributed by atoms with Crippen LogP contribution in [-0.2, 0) is 0 Å². The smallest absolute Gasteiger partial charge is 0.129 e. The number of rotatable bonds is 2. The number of pyridine rings is 1. The highest BCUT2D eigenvalue weighted by molar-refractivity contribution is 8.08. The van der Waals surface area contributed by atoms with Gasteiger partial charge < -0.3 is 4.74 Å². The van der Waals surface area contributed by atoms with E-state index >= 15 is 0 Å². The quantitative estimate of drug-likeness (QED) is 0.830. The Balaban J connectivity index is 2.05. The molecule has 0 bridgehead atoms. The van der Waals surface area contributed by atoms with Gasteiger partial charge >= 0.3 is 0 Å². The lowest BCUT2D eigenvalue weighted by atomic mass is 10.0. The van der Waals surface area contributed by atoms with E-state index in [1.165, 1.54) is 0 Å². The monoisotopic (exact) mass is 294 g/mol. The van der Waals surface area contributed by atoms with Crippen molar-refractivity contribution in [1.29, 1.82) is 5.26 Å². The third kappa shape index (κ3) is 2.93. The van der Waals surface area contributed by atoms with Crippen LogP contribution in [0.5, 0.6) is 5.75 Å². The number of nitrogens with zero attached hydrogens (tertiary/aromatic N) is 2. The van der Waals surface area contributed by atoms with Crippen LogP contribution in [0.1, 0.15) is 25.0 Å². The third-order valence-corrected chi connectivity index (χ3v) is 4.12. The molecule has 21 heavy (non-hydrogen) atoms. The van der Waals surface area contributed by atoms with Crippen molar-refractivity contribution in [2.24, 2.45) is 0 Å². The summed E-state index contributed by atoms with van der Waals surface area (Å²) in [6.45, 7) is 4.05. The second-order valence-corrected chi connectivity index (χ2v) is 6.44. The molecule has 0 N–H and O–H groups in total. The first-order valence-corrected chi connectivity index (χ1v) is 7.43. The lowest BCUT2D eigenvalue weighted by Crippen LogP contribution is -2.28. The maximum atomic E-state index is 9.09. The first-order valence-electron chi connectivity index (χ1n) is 6.62. The summed E-state index contributed by atoms with van der Waals surface area (Å²) >= 11 is 1.64. The van der Waals surface area contributed by atoms with Crippen LogP contribution in [0, 0.1) is 11.3 Å². The largest absolute Gasteiger partial charge is 0.483 e. The van der Waals surface area contributed by atoms with Crippen LogP contribution >= 0.6 is 11.8 Å². The Labute approximate surface area is 128 Å². The summed E-state index contributed by atoms with van der Waals surface area (Å²) in [7, 11) is 0. The summed E-state index contributed by atoms with van der Waals surface area (Å²) in [6.07, 6.45) is 5.68. The molecule has 1 aromatic carbocycles. The molecule has 1 aliphatic heterocycles. The van der Waals surface area contributed by atoms with Gasteiger partial charge in [0.15, 0.2) is 0 Å². The molecule has 4 heteroatoms. The Bertz CT molecular complexity index is 745. The number of fused-ring (bicyclic) bond motifs is 1. The minimum Gasteiger partial charge on any atom is -0.483 e. The average molecular weight is 294 g/mol. The Morgan fingerprint density at radius 1 is 1.29 bits per heavy atom. The zero-order valence-electron chi connectivity index (χ0n) is 11.8. The van der Waals surface area contributed by atoms with Gasteiger partial charge in [-0.15, -0.1) is 0 Å². The van der Waals surface area contributed by atoms with E-state index in [2.05, 4.69) is 17.1 Å². The Kier molecular flexibility index (Phi) is 3.44. The molecule has 0 fully saturated rings. The van der Waals surface area contributed by atoms with Crippen molar-refractivity contribution in [2.75, 3.05) is 0 Å². The zero-order chi connectivity index (χ0) is 14.9. The minimum absolute atomic E-state index is 0.369. The van der Waals surface area contributed by atoms with Crippen LogP contribution in [0.4, 0.5) is 0 Å². The van der Waals surface area contributed by atoms with Crippen molar-refractivity contribution in [1.82, 2.24) is 4.98 Å². The highest BCUT2D eigenvalue weighted by Gasteiger charge is 2.27. The van der Waals surface area contributed by atoms with Crippen LogP contribution in [0.3, 0.4) is 0 Å². The second kappa shape index (κ2) is 5.27. The van der Waals surface area contributed by atoms with E-state index in [-0.39, 0.29) is 5.60 Å². The summed E-state index contributed by atoms with van der Waals surface area (Å²) in [4.78, 5) is 6.30. The van der Waals surface area contributed by atoms with Crippen molar-refractivity contribution < 1.29 is 4.74 Å². The van der Waals surface area contributed by atoms with Gasteiger partial charge in [0.25, 0.3) is 0 Å². The molecule has 0 saturated heterocycles. The number of aromatic nitrogens is 1. The normalized spacial score (nSPS) is 15.4. The van der Waals surface area contributed by atoms with E-state index in [0.717, 1.165) is 21.1 Å². The number of thioether (sulfide) groups is 1. The van der Waals surface area contributed by atoms with Crippen molar-refractivity contribution in [3.8, 4) is 11.8 Å². The molecule has 0 atom stereocenters. The molecule has 3 rings (SSSR count). The van der Waals surface area contributed by atoms with Crippen LogP contribution in [0.2, 0.25) is 0 Å². The fourth-order valence-corrected chi connectivity index (χ4v) is 3.33. The molecule has 0 spiro atoms. The van der Waals surface area contributed by atoms with E-state index in [1.54, 1.807) is 24.0 Å². The van der Waals surface area contributed by atoms with Crippen molar-refractivity contribution in [2.45, 2.75) is 24.3 Å². The van der Waals surface area contributed by atoms with Crippen molar-refractivity contribution in [3.05, 3.63) is 59.9 Å². The van der Waals surface area contributed by atoms with E-state index in [1.807, 2.05) is 44.3 Å². The SMILES string of the molecule is CC1(C)C=C(Sc2cccnc2)c2cc(C#N)ccc2O1. The Morgan fingerprint density at radius 2 is 2.14 bits per heavy atom. The summed E-state index contributed by atoms with van der Waals surface area (Å²) in [5.74, 6) is 0.813. The standard InChI is InChI=1S/C17H14N2OS/c1-17(2)9-16(21-13-4-3-7-19-11-13)14-8-12(10-18)5-6-15(14)20-17/h3-9,11H,1-2H3. The highest BCUT2D eigenvalue weighted by Crippen LogP contribution is 2.44. The predicted molar refractivity (Wildman–Crippen MR) is 83.9 cm³/mol. The van der Waals surface area contributed by atoms with Gasteiger partial charge in [0.05, 0.1) is 11.6 Å². The van der Waals surface area contributed by atoms with Crippen LogP contribution in [0.15, 0.2) is 53.7 Å². The van der Waals surface area contributed by atoms with Crippen molar-refractivity contribution in [3.63, 3.8) is 0 Å². The summed E-state index contributed by atoms with van der Waals surface area (Å²) in [5.41, 5.74) is 1.23. The first-order chi connectivity index (χ1) is 10.1. The molecular formula is C17H14N2OS. The molecule has 0 saturated carbocycles. The second-order valence-electron chi connectivity index (χ2n) is 5.33. The van der Waals surface area contributed by atoms with Crippen LogP contribution in [0.25, 0.3) is 4.91 Å². The molecule has 1 aromatic heterocycles.